The third kappa shape index (κ3) is 1.08. The van der Waals surface area contributed by atoms with Gasteiger partial charge in [0.25, 0.3) is 0 Å². The van der Waals surface area contributed by atoms with Gasteiger partial charge in [-0.25, -0.2) is 0 Å². The number of nitriles is 1. The van der Waals surface area contributed by atoms with Crippen LogP contribution in [-0.2, 0) is 6.42 Å². The van der Waals surface area contributed by atoms with E-state index in [4.69, 9.17) is 25.7 Å². The summed E-state index contributed by atoms with van der Waals surface area (Å²) in [6, 6.07) is 5.70. The van der Waals surface area contributed by atoms with Crippen molar-refractivity contribution >= 4 is 33.5 Å². The average Bonchev–Trinajstić information content (AvgIpc) is 2.92. The van der Waals surface area contributed by atoms with Crippen molar-refractivity contribution < 1.29 is 8.83 Å². The van der Waals surface area contributed by atoms with Crippen LogP contribution in [0.4, 0.5) is 0 Å². The largest absolute Gasteiger partial charge is 0.464 e. The minimum absolute atomic E-state index is 0.275. The summed E-state index contributed by atoms with van der Waals surface area (Å²) < 4.78 is 10.7. The van der Waals surface area contributed by atoms with Gasteiger partial charge < -0.3 is 8.83 Å². The number of rotatable bonds is 1. The fourth-order valence-electron chi connectivity index (χ4n) is 1.93. The van der Waals surface area contributed by atoms with Gasteiger partial charge in [0, 0.05) is 16.3 Å². The predicted octanol–water partition coefficient (Wildman–Crippen LogP) is 3.90. The quantitative estimate of drug-likeness (QED) is 0.638. The molecule has 0 aliphatic rings. The van der Waals surface area contributed by atoms with Gasteiger partial charge in [-0.15, -0.1) is 0 Å². The zero-order chi connectivity index (χ0) is 11.1. The number of nitrogens with zero attached hydrogens (tertiary/aromatic N) is 1. The average molecular weight is 232 g/mol. The lowest BCUT2D eigenvalue weighted by atomic mass is 10.0. The van der Waals surface area contributed by atoms with Crippen molar-refractivity contribution in [2.75, 3.05) is 0 Å². The van der Waals surface area contributed by atoms with Crippen LogP contribution in [0, 0.1) is 11.3 Å². The molecule has 0 unspecified atom stereocenters. The van der Waals surface area contributed by atoms with Crippen LogP contribution in [-0.4, -0.2) is 0 Å². The molecule has 0 saturated carbocycles. The van der Waals surface area contributed by atoms with Gasteiger partial charge in [-0.05, 0) is 12.1 Å². The highest BCUT2D eigenvalue weighted by Crippen LogP contribution is 2.37. The van der Waals surface area contributed by atoms with Crippen LogP contribution in [0.25, 0.3) is 21.9 Å². The number of halogens is 1. The summed E-state index contributed by atoms with van der Waals surface area (Å²) >= 11 is 6.19. The molecule has 0 fully saturated rings. The molecule has 0 bridgehead atoms. The molecule has 4 heteroatoms. The summed E-state index contributed by atoms with van der Waals surface area (Å²) in [5.74, 6) is 0. The Bertz CT molecular complexity index is 666. The van der Waals surface area contributed by atoms with E-state index in [1.807, 2.05) is 0 Å². The minimum Gasteiger partial charge on any atom is -0.464 e. The maximum atomic E-state index is 8.83. The Morgan fingerprint density at radius 1 is 1.12 bits per heavy atom. The Kier molecular flexibility index (Phi) is 1.92. The summed E-state index contributed by atoms with van der Waals surface area (Å²) in [5.41, 5.74) is 2.11. The second kappa shape index (κ2) is 3.29. The van der Waals surface area contributed by atoms with Crippen molar-refractivity contribution in [3.8, 4) is 6.07 Å². The molecule has 0 radical (unpaired) electrons. The SMILES string of the molecule is N#CCc1c2ccoc2c(Cl)c2ccoc12. The topological polar surface area (TPSA) is 50.1 Å². The Morgan fingerprint density at radius 2 is 1.81 bits per heavy atom. The van der Waals surface area contributed by atoms with Gasteiger partial charge in [0.05, 0.1) is 30.0 Å². The molecule has 2 aromatic heterocycles. The zero-order valence-electron chi connectivity index (χ0n) is 8.16. The normalized spacial score (nSPS) is 11.0. The highest BCUT2D eigenvalue weighted by Gasteiger charge is 2.16. The summed E-state index contributed by atoms with van der Waals surface area (Å²) in [6.45, 7) is 0. The van der Waals surface area contributed by atoms with Crippen molar-refractivity contribution in [1.82, 2.24) is 0 Å². The molecule has 0 aliphatic heterocycles. The lowest BCUT2D eigenvalue weighted by Crippen LogP contribution is -1.85. The fraction of sp³-hybridized carbons (Fsp3) is 0.0833. The molecule has 3 aromatic rings. The predicted molar refractivity (Wildman–Crippen MR) is 60.3 cm³/mol. The molecule has 0 N–H and O–H groups in total. The molecule has 16 heavy (non-hydrogen) atoms. The van der Waals surface area contributed by atoms with Gasteiger partial charge in [0.2, 0.25) is 0 Å². The molecular weight excluding hydrogens is 226 g/mol. The summed E-state index contributed by atoms with van der Waals surface area (Å²) in [5, 5.41) is 11.0. The fourth-order valence-corrected chi connectivity index (χ4v) is 2.23. The molecule has 1 aromatic carbocycles. The Morgan fingerprint density at radius 3 is 2.56 bits per heavy atom. The molecule has 0 saturated heterocycles. The highest BCUT2D eigenvalue weighted by molar-refractivity contribution is 6.40. The van der Waals surface area contributed by atoms with Crippen LogP contribution in [0.15, 0.2) is 33.5 Å². The zero-order valence-corrected chi connectivity index (χ0v) is 8.91. The van der Waals surface area contributed by atoms with Crippen LogP contribution < -0.4 is 0 Å². The second-order valence-electron chi connectivity index (χ2n) is 3.45. The standard InChI is InChI=1S/C12H6ClNO2/c13-10-9-3-6-15-11(9)7(1-4-14)8-2-5-16-12(8)10/h2-3,5-6H,1H2. The molecule has 3 rings (SSSR count). The lowest BCUT2D eigenvalue weighted by Gasteiger charge is -2.01. The molecule has 2 heterocycles. The Hall–Kier alpha value is -1.92. The van der Waals surface area contributed by atoms with Gasteiger partial charge in [-0.2, -0.15) is 5.26 Å². The first-order chi connectivity index (χ1) is 7.83. The summed E-state index contributed by atoms with van der Waals surface area (Å²) in [7, 11) is 0. The molecule has 0 amide bonds. The van der Waals surface area contributed by atoms with Crippen molar-refractivity contribution in [3.05, 3.63) is 35.2 Å². The van der Waals surface area contributed by atoms with Crippen molar-refractivity contribution in [1.29, 1.82) is 5.26 Å². The molecule has 0 atom stereocenters. The number of hydrogen-bond acceptors (Lipinski definition) is 3. The van der Waals surface area contributed by atoms with Crippen molar-refractivity contribution in [3.63, 3.8) is 0 Å². The van der Waals surface area contributed by atoms with Gasteiger partial charge in [-0.1, -0.05) is 11.6 Å². The maximum Gasteiger partial charge on any atom is 0.153 e. The van der Waals surface area contributed by atoms with E-state index in [-0.39, 0.29) is 6.42 Å². The number of fused-ring (bicyclic) bond motifs is 2. The van der Waals surface area contributed by atoms with Crippen LogP contribution >= 0.6 is 11.6 Å². The second-order valence-corrected chi connectivity index (χ2v) is 3.83. The van der Waals surface area contributed by atoms with E-state index in [0.717, 1.165) is 16.3 Å². The van der Waals surface area contributed by atoms with E-state index < -0.39 is 0 Å². The van der Waals surface area contributed by atoms with E-state index >= 15 is 0 Å². The molecule has 0 spiro atoms. The van der Waals surface area contributed by atoms with Crippen molar-refractivity contribution in [2.24, 2.45) is 0 Å². The van der Waals surface area contributed by atoms with Gasteiger partial charge in [0.15, 0.2) is 5.58 Å². The van der Waals surface area contributed by atoms with Gasteiger partial charge in [-0.3, -0.25) is 0 Å². The first-order valence-corrected chi connectivity index (χ1v) is 5.12. The van der Waals surface area contributed by atoms with Crippen LogP contribution in [0.1, 0.15) is 5.56 Å². The summed E-state index contributed by atoms with van der Waals surface area (Å²) in [4.78, 5) is 0. The first-order valence-electron chi connectivity index (χ1n) is 4.74. The smallest absolute Gasteiger partial charge is 0.153 e. The van der Waals surface area contributed by atoms with E-state index in [9.17, 15) is 0 Å². The molecule has 78 valence electrons. The van der Waals surface area contributed by atoms with E-state index in [1.54, 1.807) is 24.7 Å². The van der Waals surface area contributed by atoms with Crippen molar-refractivity contribution in [2.45, 2.75) is 6.42 Å². The molecule has 0 aliphatic carbocycles. The third-order valence-electron chi connectivity index (χ3n) is 2.62. The van der Waals surface area contributed by atoms with E-state index in [2.05, 4.69) is 6.07 Å². The maximum absolute atomic E-state index is 8.83. The minimum atomic E-state index is 0.275. The van der Waals surface area contributed by atoms with Crippen LogP contribution in [0.3, 0.4) is 0 Å². The Balaban J connectivity index is 2.57. The lowest BCUT2D eigenvalue weighted by molar-refractivity contribution is 0.610. The van der Waals surface area contributed by atoms with Gasteiger partial charge in [0.1, 0.15) is 5.58 Å². The van der Waals surface area contributed by atoms with E-state index in [1.165, 1.54) is 0 Å². The Labute approximate surface area is 95.8 Å². The number of hydrogen-bond donors (Lipinski definition) is 0. The van der Waals surface area contributed by atoms with Crippen LogP contribution in [0.5, 0.6) is 0 Å². The number of furan rings is 2. The third-order valence-corrected chi connectivity index (χ3v) is 3.00. The van der Waals surface area contributed by atoms with Gasteiger partial charge >= 0.3 is 0 Å². The van der Waals surface area contributed by atoms with E-state index in [0.29, 0.717) is 16.2 Å². The molecule has 3 nitrogen and oxygen atoms in total. The molecular formula is C12H6ClNO2. The highest BCUT2D eigenvalue weighted by atomic mass is 35.5. The summed E-state index contributed by atoms with van der Waals surface area (Å²) in [6.07, 6.45) is 3.41. The monoisotopic (exact) mass is 231 g/mol. The number of benzene rings is 1. The first kappa shape index (κ1) is 9.32. The van der Waals surface area contributed by atoms with Crippen LogP contribution in [0.2, 0.25) is 5.02 Å².